The second kappa shape index (κ2) is 7.33. The maximum atomic E-state index is 6.46. The summed E-state index contributed by atoms with van der Waals surface area (Å²) in [5, 5.41) is 6.87. The number of furan rings is 1. The van der Waals surface area contributed by atoms with Crippen LogP contribution in [-0.4, -0.2) is 32.0 Å². The predicted molar refractivity (Wildman–Crippen MR) is 110 cm³/mol. The van der Waals surface area contributed by atoms with E-state index in [1.807, 2.05) is 47.5 Å². The van der Waals surface area contributed by atoms with Crippen molar-refractivity contribution in [2.75, 3.05) is 21.3 Å². The number of para-hydroxylation sites is 1. The Bertz CT molecular complexity index is 1090. The molecular weight excluding hydrogens is 384 g/mol. The zero-order chi connectivity index (χ0) is 20.7. The third-order valence-electron chi connectivity index (χ3n) is 5.50. The largest absolute Gasteiger partial charge is 0.493 e. The van der Waals surface area contributed by atoms with Crippen molar-refractivity contribution in [1.82, 2.24) is 5.01 Å². The predicted octanol–water partition coefficient (Wildman–Crippen LogP) is 4.55. The lowest BCUT2D eigenvalue weighted by Gasteiger charge is -2.38. The third kappa shape index (κ3) is 2.85. The summed E-state index contributed by atoms with van der Waals surface area (Å²) < 4.78 is 28.5. The third-order valence-corrected chi connectivity index (χ3v) is 5.50. The van der Waals surface area contributed by atoms with E-state index in [4.69, 9.17) is 28.5 Å². The molecule has 0 N–H and O–H groups in total. The molecule has 0 spiro atoms. The van der Waals surface area contributed by atoms with Crippen molar-refractivity contribution in [3.05, 3.63) is 71.7 Å². The SMILES string of the molecule is COc1ccc([C@@H]2Oc3c(OC)cccc3[C@@H]3CC(c4ccco4)=NN32)cc1OC. The first-order chi connectivity index (χ1) is 14.7. The lowest BCUT2D eigenvalue weighted by atomic mass is 9.97. The fourth-order valence-electron chi connectivity index (χ4n) is 4.06. The van der Waals surface area contributed by atoms with Gasteiger partial charge in [0.15, 0.2) is 23.0 Å². The van der Waals surface area contributed by atoms with E-state index in [2.05, 4.69) is 6.07 Å². The first-order valence-electron chi connectivity index (χ1n) is 9.68. The first-order valence-corrected chi connectivity index (χ1v) is 9.68. The molecule has 0 saturated heterocycles. The van der Waals surface area contributed by atoms with Crippen LogP contribution in [0.4, 0.5) is 0 Å². The highest BCUT2D eigenvalue weighted by Crippen LogP contribution is 2.51. The van der Waals surface area contributed by atoms with Gasteiger partial charge in [-0.3, -0.25) is 0 Å². The number of fused-ring (bicyclic) bond motifs is 3. The van der Waals surface area contributed by atoms with Gasteiger partial charge in [-0.25, -0.2) is 5.01 Å². The van der Waals surface area contributed by atoms with Gasteiger partial charge < -0.3 is 23.4 Å². The molecule has 2 aliphatic rings. The molecule has 30 heavy (non-hydrogen) atoms. The Morgan fingerprint density at radius 3 is 2.50 bits per heavy atom. The molecule has 0 aliphatic carbocycles. The molecule has 0 saturated carbocycles. The second-order valence-corrected chi connectivity index (χ2v) is 7.09. The molecule has 0 amide bonds. The Balaban J connectivity index is 1.62. The van der Waals surface area contributed by atoms with Crippen molar-refractivity contribution in [1.29, 1.82) is 0 Å². The summed E-state index contributed by atoms with van der Waals surface area (Å²) in [5.74, 6) is 3.49. The molecular formula is C23H22N2O5. The number of hydrazone groups is 1. The van der Waals surface area contributed by atoms with Crippen LogP contribution >= 0.6 is 0 Å². The van der Waals surface area contributed by atoms with Gasteiger partial charge in [0.25, 0.3) is 0 Å². The van der Waals surface area contributed by atoms with Gasteiger partial charge in [-0.2, -0.15) is 5.10 Å². The van der Waals surface area contributed by atoms with Crippen LogP contribution in [0.2, 0.25) is 0 Å². The topological polar surface area (TPSA) is 65.7 Å². The van der Waals surface area contributed by atoms with Crippen LogP contribution in [0.5, 0.6) is 23.0 Å². The van der Waals surface area contributed by atoms with Crippen LogP contribution < -0.4 is 18.9 Å². The molecule has 3 aromatic rings. The van der Waals surface area contributed by atoms with E-state index >= 15 is 0 Å². The normalized spacial score (nSPS) is 19.4. The molecule has 3 heterocycles. The number of hydrogen-bond donors (Lipinski definition) is 0. The van der Waals surface area contributed by atoms with Gasteiger partial charge in [0.05, 0.1) is 33.6 Å². The number of methoxy groups -OCH3 is 3. The maximum absolute atomic E-state index is 6.46. The fraction of sp³-hybridized carbons (Fsp3) is 0.261. The molecule has 0 bridgehead atoms. The highest BCUT2D eigenvalue weighted by atomic mass is 16.5. The minimum absolute atomic E-state index is 0.00189. The van der Waals surface area contributed by atoms with Crippen LogP contribution in [0.25, 0.3) is 0 Å². The van der Waals surface area contributed by atoms with Gasteiger partial charge in [0.2, 0.25) is 6.23 Å². The van der Waals surface area contributed by atoms with Crippen molar-refractivity contribution >= 4 is 5.71 Å². The van der Waals surface area contributed by atoms with E-state index in [9.17, 15) is 0 Å². The van der Waals surface area contributed by atoms with Gasteiger partial charge in [0, 0.05) is 17.5 Å². The van der Waals surface area contributed by atoms with E-state index in [1.165, 1.54) is 0 Å². The number of rotatable bonds is 5. The molecule has 1 aromatic heterocycles. The van der Waals surface area contributed by atoms with Crippen LogP contribution in [0.3, 0.4) is 0 Å². The summed E-state index contributed by atoms with van der Waals surface area (Å²) in [6.07, 6.45) is 1.92. The minimum Gasteiger partial charge on any atom is -0.493 e. The average molecular weight is 406 g/mol. The van der Waals surface area contributed by atoms with Crippen LogP contribution in [0.15, 0.2) is 64.3 Å². The minimum atomic E-state index is -0.453. The molecule has 7 heteroatoms. The quantitative estimate of drug-likeness (QED) is 0.619. The van der Waals surface area contributed by atoms with Gasteiger partial charge in [-0.15, -0.1) is 0 Å². The van der Waals surface area contributed by atoms with E-state index < -0.39 is 6.23 Å². The van der Waals surface area contributed by atoms with Gasteiger partial charge in [0.1, 0.15) is 11.5 Å². The van der Waals surface area contributed by atoms with E-state index in [0.29, 0.717) is 23.7 Å². The zero-order valence-corrected chi connectivity index (χ0v) is 17.0. The molecule has 2 aliphatic heterocycles. The number of ether oxygens (including phenoxy) is 4. The molecule has 2 aromatic carbocycles. The zero-order valence-electron chi connectivity index (χ0n) is 17.0. The van der Waals surface area contributed by atoms with Crippen molar-refractivity contribution < 1.29 is 23.4 Å². The van der Waals surface area contributed by atoms with Gasteiger partial charge in [-0.1, -0.05) is 12.1 Å². The summed E-state index contributed by atoms with van der Waals surface area (Å²) in [4.78, 5) is 0. The van der Waals surface area contributed by atoms with E-state index in [1.54, 1.807) is 27.6 Å². The fourth-order valence-corrected chi connectivity index (χ4v) is 4.06. The standard InChI is InChI=1S/C23H22N2O5/c1-26-19-10-9-14(12-21(19)28-3)23-25-17(13-16(24-25)18-8-5-11-29-18)15-6-4-7-20(27-2)22(15)30-23/h4-12,17,23H,13H2,1-3H3/t17-,23-/m0/s1. The van der Waals surface area contributed by atoms with Crippen LogP contribution in [-0.2, 0) is 0 Å². The molecule has 154 valence electrons. The summed E-state index contributed by atoms with van der Waals surface area (Å²) in [7, 11) is 4.88. The van der Waals surface area contributed by atoms with Crippen molar-refractivity contribution in [3.63, 3.8) is 0 Å². The van der Waals surface area contributed by atoms with Crippen molar-refractivity contribution in [2.45, 2.75) is 18.7 Å². The molecule has 0 unspecified atom stereocenters. The summed E-state index contributed by atoms with van der Waals surface area (Å²) >= 11 is 0. The van der Waals surface area contributed by atoms with Gasteiger partial charge >= 0.3 is 0 Å². The molecule has 7 nitrogen and oxygen atoms in total. The summed E-state index contributed by atoms with van der Waals surface area (Å²) in [6, 6.07) is 15.5. The highest BCUT2D eigenvalue weighted by Gasteiger charge is 2.42. The van der Waals surface area contributed by atoms with Crippen molar-refractivity contribution in [3.8, 4) is 23.0 Å². The summed E-state index contributed by atoms with van der Waals surface area (Å²) in [6.45, 7) is 0. The molecule has 0 radical (unpaired) electrons. The summed E-state index contributed by atoms with van der Waals surface area (Å²) in [5.41, 5.74) is 2.82. The monoisotopic (exact) mass is 406 g/mol. The lowest BCUT2D eigenvalue weighted by molar-refractivity contribution is -0.0210. The Morgan fingerprint density at radius 2 is 1.77 bits per heavy atom. The molecule has 2 atom stereocenters. The van der Waals surface area contributed by atoms with E-state index in [0.717, 1.165) is 28.3 Å². The highest BCUT2D eigenvalue weighted by molar-refractivity contribution is 5.99. The smallest absolute Gasteiger partial charge is 0.214 e. The Morgan fingerprint density at radius 1 is 0.933 bits per heavy atom. The Kier molecular flexibility index (Phi) is 4.50. The first kappa shape index (κ1) is 18.4. The molecule has 5 rings (SSSR count). The second-order valence-electron chi connectivity index (χ2n) is 7.09. The Labute approximate surface area is 174 Å². The molecule has 0 fully saturated rings. The number of hydrogen-bond acceptors (Lipinski definition) is 7. The number of nitrogens with zero attached hydrogens (tertiary/aromatic N) is 2. The Hall–Kier alpha value is -3.61. The maximum Gasteiger partial charge on any atom is 0.214 e. The van der Waals surface area contributed by atoms with Gasteiger partial charge in [-0.05, 0) is 36.4 Å². The van der Waals surface area contributed by atoms with Crippen LogP contribution in [0.1, 0.15) is 35.6 Å². The van der Waals surface area contributed by atoms with Crippen LogP contribution in [0, 0.1) is 0 Å². The number of benzene rings is 2. The van der Waals surface area contributed by atoms with E-state index in [-0.39, 0.29) is 6.04 Å². The van der Waals surface area contributed by atoms with Crippen molar-refractivity contribution in [2.24, 2.45) is 5.10 Å². The average Bonchev–Trinajstić information content (AvgIpc) is 3.47. The lowest BCUT2D eigenvalue weighted by Crippen LogP contribution is -2.33.